The van der Waals surface area contributed by atoms with Crippen LogP contribution in [0.25, 0.3) is 0 Å². The molecular formula is C22H31N5O2. The summed E-state index contributed by atoms with van der Waals surface area (Å²) in [5.41, 5.74) is 3.53. The number of nitrogens with zero attached hydrogens (tertiary/aromatic N) is 4. The molecule has 1 aliphatic rings. The first-order valence-corrected chi connectivity index (χ1v) is 10.4. The van der Waals surface area contributed by atoms with Gasteiger partial charge in [0.05, 0.1) is 24.3 Å². The molecule has 0 atom stereocenters. The summed E-state index contributed by atoms with van der Waals surface area (Å²) in [4.78, 5) is 29.0. The standard InChI is InChI=1S/C22H31N5O2/c1-4-10-23-20(28)16-25-11-13-26(14-12-25)22(29)21-17(2)24-27(18(21)3)15-19-8-6-5-7-9-19/h5-9H,4,10-16H2,1-3H3,(H,23,28). The van der Waals surface area contributed by atoms with Crippen molar-refractivity contribution in [3.63, 3.8) is 0 Å². The summed E-state index contributed by atoms with van der Waals surface area (Å²) in [5.74, 6) is 0.0925. The van der Waals surface area contributed by atoms with E-state index < -0.39 is 0 Å². The number of aromatic nitrogens is 2. The predicted molar refractivity (Wildman–Crippen MR) is 113 cm³/mol. The van der Waals surface area contributed by atoms with Gasteiger partial charge in [-0.3, -0.25) is 19.2 Å². The third kappa shape index (κ3) is 5.23. The lowest BCUT2D eigenvalue weighted by molar-refractivity contribution is -0.122. The van der Waals surface area contributed by atoms with Crippen LogP contribution in [0.3, 0.4) is 0 Å². The van der Waals surface area contributed by atoms with Crippen molar-refractivity contribution in [2.45, 2.75) is 33.7 Å². The van der Waals surface area contributed by atoms with E-state index in [0.717, 1.165) is 23.4 Å². The number of benzene rings is 1. The molecule has 1 saturated heterocycles. The van der Waals surface area contributed by atoms with Gasteiger partial charge in [0.25, 0.3) is 5.91 Å². The molecule has 7 heteroatoms. The van der Waals surface area contributed by atoms with Crippen molar-refractivity contribution in [1.29, 1.82) is 0 Å². The monoisotopic (exact) mass is 397 g/mol. The maximum absolute atomic E-state index is 13.2. The number of nitrogens with one attached hydrogen (secondary N) is 1. The Morgan fingerprint density at radius 3 is 2.41 bits per heavy atom. The van der Waals surface area contributed by atoms with E-state index in [0.29, 0.717) is 51.4 Å². The molecule has 2 aromatic rings. The fraction of sp³-hybridized carbons (Fsp3) is 0.500. The highest BCUT2D eigenvalue weighted by Gasteiger charge is 2.27. The lowest BCUT2D eigenvalue weighted by atomic mass is 10.1. The van der Waals surface area contributed by atoms with E-state index >= 15 is 0 Å². The smallest absolute Gasteiger partial charge is 0.257 e. The molecule has 1 fully saturated rings. The summed E-state index contributed by atoms with van der Waals surface area (Å²) in [6.07, 6.45) is 0.935. The van der Waals surface area contributed by atoms with E-state index in [2.05, 4.69) is 27.4 Å². The highest BCUT2D eigenvalue weighted by molar-refractivity contribution is 5.96. The van der Waals surface area contributed by atoms with Crippen LogP contribution in [0.2, 0.25) is 0 Å². The van der Waals surface area contributed by atoms with E-state index in [1.165, 1.54) is 0 Å². The molecule has 29 heavy (non-hydrogen) atoms. The van der Waals surface area contributed by atoms with Crippen LogP contribution in [0, 0.1) is 13.8 Å². The molecule has 3 rings (SSSR count). The first-order valence-electron chi connectivity index (χ1n) is 10.4. The highest BCUT2D eigenvalue weighted by Crippen LogP contribution is 2.18. The van der Waals surface area contributed by atoms with Crippen molar-refractivity contribution in [1.82, 2.24) is 24.9 Å². The Hall–Kier alpha value is -2.67. The van der Waals surface area contributed by atoms with E-state index in [-0.39, 0.29) is 11.8 Å². The number of hydrogen-bond acceptors (Lipinski definition) is 4. The first kappa shape index (κ1) is 21.0. The molecule has 1 aromatic heterocycles. The van der Waals surface area contributed by atoms with Gasteiger partial charge < -0.3 is 10.2 Å². The Morgan fingerprint density at radius 2 is 1.76 bits per heavy atom. The number of rotatable bonds is 7. The maximum atomic E-state index is 13.2. The average Bonchev–Trinajstić information content (AvgIpc) is 3.00. The van der Waals surface area contributed by atoms with Gasteiger partial charge in [-0.2, -0.15) is 5.10 Å². The number of carbonyl (C=O) groups excluding carboxylic acids is 2. The molecular weight excluding hydrogens is 366 g/mol. The summed E-state index contributed by atoms with van der Waals surface area (Å²) in [6.45, 7) is 10.3. The third-order valence-electron chi connectivity index (χ3n) is 5.37. The van der Waals surface area contributed by atoms with Gasteiger partial charge in [0.15, 0.2) is 0 Å². The second-order valence-corrected chi connectivity index (χ2v) is 7.61. The second-order valence-electron chi connectivity index (χ2n) is 7.61. The van der Waals surface area contributed by atoms with Crippen molar-refractivity contribution in [2.75, 3.05) is 39.3 Å². The van der Waals surface area contributed by atoms with E-state index in [1.54, 1.807) is 0 Å². The molecule has 0 bridgehead atoms. The summed E-state index contributed by atoms with van der Waals surface area (Å²) in [6, 6.07) is 10.1. The molecule has 0 spiro atoms. The van der Waals surface area contributed by atoms with Gasteiger partial charge >= 0.3 is 0 Å². The zero-order chi connectivity index (χ0) is 20.8. The molecule has 0 aliphatic carbocycles. The maximum Gasteiger partial charge on any atom is 0.257 e. The van der Waals surface area contributed by atoms with Crippen molar-refractivity contribution in [3.8, 4) is 0 Å². The number of hydrogen-bond donors (Lipinski definition) is 1. The largest absolute Gasteiger partial charge is 0.355 e. The lowest BCUT2D eigenvalue weighted by Gasteiger charge is -2.34. The van der Waals surface area contributed by atoms with Crippen LogP contribution in [-0.4, -0.2) is 70.7 Å². The quantitative estimate of drug-likeness (QED) is 0.774. The minimum Gasteiger partial charge on any atom is -0.355 e. The van der Waals surface area contributed by atoms with Crippen molar-refractivity contribution in [3.05, 3.63) is 52.8 Å². The molecule has 0 saturated carbocycles. The van der Waals surface area contributed by atoms with Crippen LogP contribution in [0.1, 0.15) is 40.7 Å². The Morgan fingerprint density at radius 1 is 1.07 bits per heavy atom. The average molecular weight is 398 g/mol. The van der Waals surface area contributed by atoms with Crippen molar-refractivity contribution < 1.29 is 9.59 Å². The van der Waals surface area contributed by atoms with Gasteiger partial charge in [-0.05, 0) is 25.8 Å². The number of amides is 2. The number of carbonyl (C=O) groups is 2. The van der Waals surface area contributed by atoms with Gasteiger partial charge in [0.1, 0.15) is 0 Å². The van der Waals surface area contributed by atoms with Crippen molar-refractivity contribution in [2.24, 2.45) is 0 Å². The molecule has 2 amide bonds. The topological polar surface area (TPSA) is 70.5 Å². The summed E-state index contributed by atoms with van der Waals surface area (Å²) < 4.78 is 1.91. The lowest BCUT2D eigenvalue weighted by Crippen LogP contribution is -2.51. The molecule has 156 valence electrons. The fourth-order valence-corrected chi connectivity index (χ4v) is 3.71. The van der Waals surface area contributed by atoms with Gasteiger partial charge in [0, 0.05) is 38.4 Å². The minimum absolute atomic E-state index is 0.0365. The molecule has 1 aliphatic heterocycles. The van der Waals surface area contributed by atoms with Crippen LogP contribution in [-0.2, 0) is 11.3 Å². The molecule has 1 N–H and O–H groups in total. The zero-order valence-corrected chi connectivity index (χ0v) is 17.6. The van der Waals surface area contributed by atoms with Crippen LogP contribution in [0.5, 0.6) is 0 Å². The minimum atomic E-state index is 0.0365. The summed E-state index contributed by atoms with van der Waals surface area (Å²) >= 11 is 0. The highest BCUT2D eigenvalue weighted by atomic mass is 16.2. The van der Waals surface area contributed by atoms with E-state index in [9.17, 15) is 9.59 Å². The molecule has 0 radical (unpaired) electrons. The Labute approximate surface area is 172 Å². The van der Waals surface area contributed by atoms with Crippen LogP contribution < -0.4 is 5.32 Å². The normalized spacial score (nSPS) is 14.8. The van der Waals surface area contributed by atoms with Crippen molar-refractivity contribution >= 4 is 11.8 Å². The second kappa shape index (κ2) is 9.69. The van der Waals surface area contributed by atoms with Gasteiger partial charge in [-0.1, -0.05) is 37.3 Å². The Kier molecular flexibility index (Phi) is 7.04. The van der Waals surface area contributed by atoms with Crippen LogP contribution in [0.4, 0.5) is 0 Å². The first-order chi connectivity index (χ1) is 14.0. The molecule has 7 nitrogen and oxygen atoms in total. The Bertz CT molecular complexity index is 838. The van der Waals surface area contributed by atoms with Gasteiger partial charge in [0.2, 0.25) is 5.91 Å². The van der Waals surface area contributed by atoms with Crippen LogP contribution >= 0.6 is 0 Å². The van der Waals surface area contributed by atoms with Crippen LogP contribution in [0.15, 0.2) is 30.3 Å². The molecule has 2 heterocycles. The summed E-state index contributed by atoms with van der Waals surface area (Å²) in [5, 5.41) is 7.51. The van der Waals surface area contributed by atoms with Gasteiger partial charge in [-0.15, -0.1) is 0 Å². The zero-order valence-electron chi connectivity index (χ0n) is 17.6. The van der Waals surface area contributed by atoms with E-state index in [1.807, 2.05) is 48.6 Å². The summed E-state index contributed by atoms with van der Waals surface area (Å²) in [7, 11) is 0. The van der Waals surface area contributed by atoms with Gasteiger partial charge in [-0.25, -0.2) is 0 Å². The predicted octanol–water partition coefficient (Wildman–Crippen LogP) is 1.83. The Balaban J connectivity index is 1.60. The fourth-order valence-electron chi connectivity index (χ4n) is 3.71. The SMILES string of the molecule is CCCNC(=O)CN1CCN(C(=O)c2c(C)nn(Cc3ccccc3)c2C)CC1. The van der Waals surface area contributed by atoms with E-state index in [4.69, 9.17) is 0 Å². The number of piperazine rings is 1. The molecule has 0 unspecified atom stereocenters. The molecule has 1 aromatic carbocycles. The third-order valence-corrected chi connectivity index (χ3v) is 5.37. The number of aryl methyl sites for hydroxylation is 1.